The molecule has 0 bridgehead atoms. The van der Waals surface area contributed by atoms with Crippen LogP contribution in [0.25, 0.3) is 0 Å². The smallest absolute Gasteiger partial charge is 0.240 e. The van der Waals surface area contributed by atoms with Gasteiger partial charge in [0, 0.05) is 16.6 Å². The Morgan fingerprint density at radius 2 is 1.71 bits per heavy atom. The summed E-state index contributed by atoms with van der Waals surface area (Å²) in [4.78, 5) is 8.73. The van der Waals surface area contributed by atoms with Crippen molar-refractivity contribution in [3.8, 4) is 0 Å². The number of hydrogen-bond donors (Lipinski definition) is 4. The lowest BCUT2D eigenvalue weighted by Crippen LogP contribution is -2.18. The molecular formula is C11H14N6O2S2. The third-order valence-corrected chi connectivity index (χ3v) is 4.88. The normalized spacial score (nSPS) is 11.5. The van der Waals surface area contributed by atoms with Crippen LogP contribution in [0.4, 0.5) is 17.3 Å². The first kappa shape index (κ1) is 15.4. The van der Waals surface area contributed by atoms with Crippen LogP contribution < -0.4 is 21.9 Å². The van der Waals surface area contributed by atoms with Crippen LogP contribution in [0.1, 0.15) is 0 Å². The monoisotopic (exact) mass is 326 g/mol. The molecule has 10 heteroatoms. The Morgan fingerprint density at radius 1 is 1.10 bits per heavy atom. The molecule has 2 rings (SSSR count). The van der Waals surface area contributed by atoms with Crippen molar-refractivity contribution in [2.24, 2.45) is 0 Å². The lowest BCUT2D eigenvalue weighted by atomic mass is 10.3. The second-order valence-corrected chi connectivity index (χ2v) is 6.91. The molecule has 8 nitrogen and oxygen atoms in total. The van der Waals surface area contributed by atoms with Gasteiger partial charge in [-0.15, -0.1) is 0 Å². The number of nitrogen functional groups attached to an aromatic ring is 3. The summed E-state index contributed by atoms with van der Waals surface area (Å²) >= 11 is 1.15. The highest BCUT2D eigenvalue weighted by molar-refractivity contribution is 7.99. The number of sulfonamides is 1. The van der Waals surface area contributed by atoms with Gasteiger partial charge < -0.3 is 17.2 Å². The average molecular weight is 326 g/mol. The molecule has 0 aliphatic carbocycles. The highest BCUT2D eigenvalue weighted by Crippen LogP contribution is 2.32. The fourth-order valence-electron chi connectivity index (χ4n) is 1.51. The number of rotatable bonds is 4. The molecule has 1 heterocycles. The van der Waals surface area contributed by atoms with Crippen molar-refractivity contribution >= 4 is 39.1 Å². The molecular weight excluding hydrogens is 312 g/mol. The first-order valence-electron chi connectivity index (χ1n) is 5.73. The third-order valence-electron chi connectivity index (χ3n) is 2.51. The van der Waals surface area contributed by atoms with Crippen LogP contribution in [0, 0.1) is 0 Å². The molecule has 0 amide bonds. The summed E-state index contributed by atoms with van der Waals surface area (Å²) in [6.07, 6.45) is 0. The lowest BCUT2D eigenvalue weighted by Gasteiger charge is -2.08. The number of benzene rings is 1. The van der Waals surface area contributed by atoms with E-state index < -0.39 is 10.0 Å². The molecule has 21 heavy (non-hydrogen) atoms. The Labute approximate surface area is 126 Å². The van der Waals surface area contributed by atoms with E-state index in [0.29, 0.717) is 15.7 Å². The fraction of sp³-hybridized carbons (Fsp3) is 0.0909. The number of hydrogen-bond acceptors (Lipinski definition) is 8. The first-order valence-corrected chi connectivity index (χ1v) is 8.03. The Bertz CT molecular complexity index is 758. The molecule has 0 saturated carbocycles. The van der Waals surface area contributed by atoms with Crippen LogP contribution in [-0.2, 0) is 10.0 Å². The molecule has 0 aliphatic heterocycles. The molecule has 0 aliphatic rings. The summed E-state index contributed by atoms with van der Waals surface area (Å²) < 4.78 is 25.6. The maximum atomic E-state index is 11.7. The van der Waals surface area contributed by atoms with Gasteiger partial charge in [-0.1, -0.05) is 0 Å². The van der Waals surface area contributed by atoms with Gasteiger partial charge in [-0.2, -0.15) is 0 Å². The zero-order chi connectivity index (χ0) is 15.6. The standard InChI is InChI=1S/C11H14N6O2S2/c1-15-21(18,19)6-2-3-8(7(12)4-6)20-11-16-9(13)5-10(14)17-11/h2-5,15H,12H2,1H3,(H4,13,14,16,17). The van der Waals surface area contributed by atoms with E-state index in [1.54, 1.807) is 6.07 Å². The zero-order valence-corrected chi connectivity index (χ0v) is 12.7. The number of anilines is 3. The molecule has 7 N–H and O–H groups in total. The SMILES string of the molecule is CNS(=O)(=O)c1ccc(Sc2nc(N)cc(N)n2)c(N)c1. The van der Waals surface area contributed by atoms with Crippen LogP contribution in [0.3, 0.4) is 0 Å². The van der Waals surface area contributed by atoms with Crippen molar-refractivity contribution in [1.29, 1.82) is 0 Å². The zero-order valence-electron chi connectivity index (χ0n) is 11.1. The van der Waals surface area contributed by atoms with Crippen LogP contribution in [-0.4, -0.2) is 25.4 Å². The number of nitrogens with zero attached hydrogens (tertiary/aromatic N) is 2. The van der Waals surface area contributed by atoms with E-state index in [2.05, 4.69) is 14.7 Å². The first-order chi connectivity index (χ1) is 9.81. The molecule has 1 aromatic heterocycles. The lowest BCUT2D eigenvalue weighted by molar-refractivity contribution is 0.588. The van der Waals surface area contributed by atoms with Gasteiger partial charge in [0.25, 0.3) is 0 Å². The van der Waals surface area contributed by atoms with Crippen LogP contribution in [0.15, 0.2) is 39.2 Å². The second kappa shape index (κ2) is 5.76. The van der Waals surface area contributed by atoms with Crippen LogP contribution in [0.2, 0.25) is 0 Å². The van der Waals surface area contributed by atoms with Crippen molar-refractivity contribution in [2.45, 2.75) is 14.9 Å². The maximum absolute atomic E-state index is 11.7. The van der Waals surface area contributed by atoms with E-state index in [9.17, 15) is 8.42 Å². The van der Waals surface area contributed by atoms with Gasteiger partial charge in [-0.3, -0.25) is 0 Å². The van der Waals surface area contributed by atoms with E-state index in [1.165, 1.54) is 25.2 Å². The maximum Gasteiger partial charge on any atom is 0.240 e. The Morgan fingerprint density at radius 3 is 2.24 bits per heavy atom. The van der Waals surface area contributed by atoms with Gasteiger partial charge in [0.2, 0.25) is 10.0 Å². The fourth-order valence-corrected chi connectivity index (χ4v) is 3.09. The minimum atomic E-state index is -3.53. The summed E-state index contributed by atoms with van der Waals surface area (Å²) in [5.41, 5.74) is 17.3. The topological polar surface area (TPSA) is 150 Å². The predicted molar refractivity (Wildman–Crippen MR) is 82.1 cm³/mol. The number of aromatic nitrogens is 2. The van der Waals surface area contributed by atoms with E-state index in [4.69, 9.17) is 17.2 Å². The number of nitrogens with one attached hydrogen (secondary N) is 1. The van der Waals surface area contributed by atoms with Gasteiger partial charge >= 0.3 is 0 Å². The van der Waals surface area contributed by atoms with Gasteiger partial charge in [0.05, 0.1) is 4.90 Å². The van der Waals surface area contributed by atoms with E-state index >= 15 is 0 Å². The molecule has 0 radical (unpaired) electrons. The van der Waals surface area contributed by atoms with E-state index in [1.807, 2.05) is 0 Å². The Kier molecular flexibility index (Phi) is 4.21. The molecule has 0 unspecified atom stereocenters. The van der Waals surface area contributed by atoms with Crippen molar-refractivity contribution < 1.29 is 8.42 Å². The summed E-state index contributed by atoms with van der Waals surface area (Å²) in [5, 5.41) is 0.337. The summed E-state index contributed by atoms with van der Waals surface area (Å²) in [5.74, 6) is 0.496. The van der Waals surface area contributed by atoms with Crippen molar-refractivity contribution in [2.75, 3.05) is 24.2 Å². The van der Waals surface area contributed by atoms with Gasteiger partial charge in [-0.25, -0.2) is 23.1 Å². The van der Waals surface area contributed by atoms with Gasteiger partial charge in [0.15, 0.2) is 5.16 Å². The van der Waals surface area contributed by atoms with E-state index in [0.717, 1.165) is 11.8 Å². The molecule has 1 aromatic carbocycles. The third kappa shape index (κ3) is 3.54. The summed E-state index contributed by atoms with van der Waals surface area (Å²) in [6, 6.07) is 5.83. The van der Waals surface area contributed by atoms with Crippen molar-refractivity contribution in [3.63, 3.8) is 0 Å². The van der Waals surface area contributed by atoms with Crippen LogP contribution >= 0.6 is 11.8 Å². The van der Waals surface area contributed by atoms with E-state index in [-0.39, 0.29) is 16.5 Å². The molecule has 0 fully saturated rings. The molecule has 112 valence electrons. The molecule has 0 saturated heterocycles. The van der Waals surface area contributed by atoms with Crippen molar-refractivity contribution in [1.82, 2.24) is 14.7 Å². The van der Waals surface area contributed by atoms with Crippen LogP contribution in [0.5, 0.6) is 0 Å². The second-order valence-electron chi connectivity index (χ2n) is 4.01. The highest BCUT2D eigenvalue weighted by Gasteiger charge is 2.14. The minimum absolute atomic E-state index is 0.0832. The summed E-state index contributed by atoms with van der Waals surface area (Å²) in [7, 11) is -2.20. The highest BCUT2D eigenvalue weighted by atomic mass is 32.2. The Balaban J connectivity index is 2.34. The molecule has 0 atom stereocenters. The Hall–Kier alpha value is -2.04. The van der Waals surface area contributed by atoms with Gasteiger partial charge in [0.1, 0.15) is 11.6 Å². The quantitative estimate of drug-likeness (QED) is 0.462. The minimum Gasteiger partial charge on any atom is -0.398 e. The van der Waals surface area contributed by atoms with Crippen molar-refractivity contribution in [3.05, 3.63) is 24.3 Å². The average Bonchev–Trinajstić information content (AvgIpc) is 2.40. The predicted octanol–water partition coefficient (Wildman–Crippen LogP) is 0.283. The molecule has 0 spiro atoms. The van der Waals surface area contributed by atoms with Gasteiger partial charge in [-0.05, 0) is 37.0 Å². The molecule has 2 aromatic rings. The summed E-state index contributed by atoms with van der Waals surface area (Å²) in [6.45, 7) is 0. The number of nitrogens with two attached hydrogens (primary N) is 3. The largest absolute Gasteiger partial charge is 0.398 e.